The van der Waals surface area contributed by atoms with Gasteiger partial charge in [0, 0.05) is 32.2 Å². The van der Waals surface area contributed by atoms with Crippen molar-refractivity contribution in [1.82, 2.24) is 34.7 Å². The Balaban J connectivity index is 1.46. The highest BCUT2D eigenvalue weighted by molar-refractivity contribution is 5.49. The average molecular weight is 343 g/mol. The molecule has 1 N–H and O–H groups in total. The second-order valence-electron chi connectivity index (χ2n) is 5.94. The summed E-state index contributed by atoms with van der Waals surface area (Å²) in [5.41, 5.74) is 0.467. The molecule has 11 heteroatoms. The van der Waals surface area contributed by atoms with E-state index in [-0.39, 0.29) is 5.82 Å². The third-order valence-electron chi connectivity index (χ3n) is 4.22. The van der Waals surface area contributed by atoms with Gasteiger partial charge in [0.2, 0.25) is 5.65 Å². The van der Waals surface area contributed by atoms with Crippen molar-refractivity contribution >= 4 is 17.3 Å². The van der Waals surface area contributed by atoms with Crippen molar-refractivity contribution in [2.45, 2.75) is 13.5 Å². The lowest BCUT2D eigenvalue weighted by atomic mass is 10.3. The van der Waals surface area contributed by atoms with Crippen LogP contribution in [-0.4, -0.2) is 65.8 Å². The minimum Gasteiger partial charge on any atom is -0.358 e. The van der Waals surface area contributed by atoms with E-state index < -0.39 is 4.92 Å². The van der Waals surface area contributed by atoms with E-state index in [9.17, 15) is 10.1 Å². The summed E-state index contributed by atoms with van der Waals surface area (Å²) >= 11 is 0. The van der Waals surface area contributed by atoms with Crippen LogP contribution in [0, 0.1) is 17.0 Å². The molecule has 1 saturated heterocycles. The van der Waals surface area contributed by atoms with Gasteiger partial charge in [-0.2, -0.15) is 5.10 Å². The molecule has 0 saturated carbocycles. The highest BCUT2D eigenvalue weighted by Gasteiger charge is 2.22. The number of nitrogens with one attached hydrogen (secondary N) is 1. The number of hydrogen-bond acceptors (Lipinski definition) is 8. The molecule has 0 radical (unpaired) electrons. The predicted molar refractivity (Wildman–Crippen MR) is 88.3 cm³/mol. The van der Waals surface area contributed by atoms with Crippen LogP contribution in [0.5, 0.6) is 0 Å². The van der Waals surface area contributed by atoms with Crippen LogP contribution in [0.15, 0.2) is 18.3 Å². The van der Waals surface area contributed by atoms with E-state index in [1.54, 1.807) is 6.07 Å². The highest BCUT2D eigenvalue weighted by atomic mass is 16.6. The summed E-state index contributed by atoms with van der Waals surface area (Å²) in [5.74, 6) is 2.19. The van der Waals surface area contributed by atoms with Crippen LogP contribution in [0.4, 0.5) is 11.6 Å². The molecule has 1 fully saturated rings. The molecule has 3 aromatic heterocycles. The van der Waals surface area contributed by atoms with Crippen LogP contribution in [-0.2, 0) is 6.54 Å². The molecule has 4 rings (SSSR count). The molecule has 1 aliphatic heterocycles. The molecule has 0 aliphatic carbocycles. The first-order valence-electron chi connectivity index (χ1n) is 7.94. The van der Waals surface area contributed by atoms with E-state index >= 15 is 0 Å². The summed E-state index contributed by atoms with van der Waals surface area (Å²) < 4.78 is 1.28. The summed E-state index contributed by atoms with van der Waals surface area (Å²) in [7, 11) is 0. The van der Waals surface area contributed by atoms with Crippen molar-refractivity contribution in [3.8, 4) is 0 Å². The monoisotopic (exact) mass is 343 g/mol. The second-order valence-corrected chi connectivity index (χ2v) is 5.94. The fraction of sp³-hybridized carbons (Fsp3) is 0.429. The number of rotatable bonds is 4. The zero-order valence-corrected chi connectivity index (χ0v) is 13.7. The van der Waals surface area contributed by atoms with Crippen LogP contribution in [0.25, 0.3) is 5.65 Å². The second kappa shape index (κ2) is 6.09. The van der Waals surface area contributed by atoms with Crippen molar-refractivity contribution < 1.29 is 4.92 Å². The zero-order chi connectivity index (χ0) is 17.4. The van der Waals surface area contributed by atoms with Crippen LogP contribution >= 0.6 is 0 Å². The normalized spacial score (nSPS) is 15.8. The van der Waals surface area contributed by atoms with Crippen molar-refractivity contribution in [3.05, 3.63) is 40.1 Å². The smallest absolute Gasteiger partial charge is 0.358 e. The molecular formula is C14H17N9O2. The Morgan fingerprint density at radius 2 is 2.08 bits per heavy atom. The number of nitrogens with zero attached hydrogens (tertiary/aromatic N) is 8. The summed E-state index contributed by atoms with van der Waals surface area (Å²) in [4.78, 5) is 23.3. The molecule has 0 spiro atoms. The van der Waals surface area contributed by atoms with Crippen LogP contribution < -0.4 is 4.90 Å². The molecule has 3 aromatic rings. The fourth-order valence-corrected chi connectivity index (χ4v) is 2.94. The first-order chi connectivity index (χ1) is 12.1. The van der Waals surface area contributed by atoms with Gasteiger partial charge in [0.15, 0.2) is 11.6 Å². The standard InChI is InChI=1S/C14H17N9O2/c1-10-16-11(18-17-10)9-20-4-6-21(7-5-20)13-3-2-12-15-8-14(23(24)25)22(12)19-13/h2-3,8H,4-7,9H2,1H3,(H,16,17,18). The van der Waals surface area contributed by atoms with Crippen molar-refractivity contribution in [2.24, 2.45) is 0 Å². The number of anilines is 1. The molecule has 130 valence electrons. The Morgan fingerprint density at radius 1 is 1.28 bits per heavy atom. The van der Waals surface area contributed by atoms with Gasteiger partial charge in [0.05, 0.1) is 6.54 Å². The van der Waals surface area contributed by atoms with E-state index in [1.165, 1.54) is 10.7 Å². The molecule has 0 unspecified atom stereocenters. The van der Waals surface area contributed by atoms with E-state index in [2.05, 4.69) is 35.1 Å². The van der Waals surface area contributed by atoms with Gasteiger partial charge in [0.1, 0.15) is 12.0 Å². The van der Waals surface area contributed by atoms with Crippen LogP contribution in [0.2, 0.25) is 0 Å². The number of piperazine rings is 1. The van der Waals surface area contributed by atoms with Crippen LogP contribution in [0.3, 0.4) is 0 Å². The molecule has 0 atom stereocenters. The summed E-state index contributed by atoms with van der Waals surface area (Å²) in [6.07, 6.45) is 1.23. The number of nitro groups is 1. The van der Waals surface area contributed by atoms with Gasteiger partial charge in [-0.05, 0) is 17.9 Å². The summed E-state index contributed by atoms with van der Waals surface area (Å²) in [6, 6.07) is 3.60. The first-order valence-corrected chi connectivity index (χ1v) is 7.94. The van der Waals surface area contributed by atoms with Gasteiger partial charge in [-0.3, -0.25) is 10.00 Å². The number of fused-ring (bicyclic) bond motifs is 1. The lowest BCUT2D eigenvalue weighted by Crippen LogP contribution is -2.46. The zero-order valence-electron chi connectivity index (χ0n) is 13.7. The molecule has 0 aromatic carbocycles. The SMILES string of the molecule is Cc1nc(CN2CCN(c3ccc4ncc([N+](=O)[O-])n4n3)CC2)n[nH]1. The number of aromatic nitrogens is 6. The number of aryl methyl sites for hydroxylation is 1. The molecule has 25 heavy (non-hydrogen) atoms. The van der Waals surface area contributed by atoms with Crippen molar-refractivity contribution in [1.29, 1.82) is 0 Å². The van der Waals surface area contributed by atoms with Crippen molar-refractivity contribution in [3.63, 3.8) is 0 Å². The van der Waals surface area contributed by atoms with E-state index in [0.717, 1.165) is 37.8 Å². The molecule has 0 bridgehead atoms. The summed E-state index contributed by atoms with van der Waals surface area (Å²) in [5, 5.41) is 22.4. The van der Waals surface area contributed by atoms with Gasteiger partial charge in [0.25, 0.3) is 0 Å². The molecular weight excluding hydrogens is 326 g/mol. The molecule has 1 aliphatic rings. The first kappa shape index (κ1) is 15.4. The Morgan fingerprint density at radius 3 is 2.76 bits per heavy atom. The molecule has 11 nitrogen and oxygen atoms in total. The largest absolute Gasteiger partial charge is 0.368 e. The van der Waals surface area contributed by atoms with E-state index in [0.29, 0.717) is 18.0 Å². The van der Waals surface area contributed by atoms with Gasteiger partial charge < -0.3 is 15.0 Å². The Labute approximate surface area is 142 Å². The van der Waals surface area contributed by atoms with Crippen LogP contribution in [0.1, 0.15) is 11.6 Å². The van der Waals surface area contributed by atoms with Gasteiger partial charge >= 0.3 is 5.82 Å². The minimum absolute atomic E-state index is 0.129. The summed E-state index contributed by atoms with van der Waals surface area (Å²) in [6.45, 7) is 5.84. The highest BCUT2D eigenvalue weighted by Crippen LogP contribution is 2.18. The lowest BCUT2D eigenvalue weighted by Gasteiger charge is -2.34. The lowest BCUT2D eigenvalue weighted by molar-refractivity contribution is -0.391. The predicted octanol–water partition coefficient (Wildman–Crippen LogP) is 0.386. The number of aromatic amines is 1. The fourth-order valence-electron chi connectivity index (χ4n) is 2.94. The minimum atomic E-state index is -0.479. The molecule has 4 heterocycles. The van der Waals surface area contributed by atoms with Gasteiger partial charge in [-0.25, -0.2) is 9.97 Å². The van der Waals surface area contributed by atoms with E-state index in [1.807, 2.05) is 13.0 Å². The van der Waals surface area contributed by atoms with Gasteiger partial charge in [-0.15, -0.1) is 0 Å². The Kier molecular flexibility index (Phi) is 3.76. The number of imidazole rings is 1. The topological polar surface area (TPSA) is 121 Å². The number of H-pyrrole nitrogens is 1. The van der Waals surface area contributed by atoms with Crippen molar-refractivity contribution in [2.75, 3.05) is 31.1 Å². The Bertz CT molecular complexity index is 910. The van der Waals surface area contributed by atoms with Gasteiger partial charge in [-0.1, -0.05) is 9.61 Å². The molecule has 0 amide bonds. The number of hydrogen-bond donors (Lipinski definition) is 1. The maximum Gasteiger partial charge on any atom is 0.368 e. The maximum atomic E-state index is 11.1. The third kappa shape index (κ3) is 3.01. The quantitative estimate of drug-likeness (QED) is 0.533. The maximum absolute atomic E-state index is 11.1. The third-order valence-corrected chi connectivity index (χ3v) is 4.22. The van der Waals surface area contributed by atoms with E-state index in [4.69, 9.17) is 0 Å². The Hall–Kier alpha value is -3.08. The average Bonchev–Trinajstić information content (AvgIpc) is 3.21.